The first-order valence-corrected chi connectivity index (χ1v) is 10.5. The number of nitrogens with one attached hydrogen (secondary N) is 2. The summed E-state index contributed by atoms with van der Waals surface area (Å²) in [6, 6.07) is 6.96. The summed E-state index contributed by atoms with van der Waals surface area (Å²) in [5.41, 5.74) is 0.679. The van der Waals surface area contributed by atoms with Crippen molar-refractivity contribution in [3.63, 3.8) is 0 Å². The second kappa shape index (κ2) is 9.67. The number of amides is 1. The number of benzene rings is 1. The lowest BCUT2D eigenvalue weighted by Gasteiger charge is -2.15. The van der Waals surface area contributed by atoms with E-state index in [9.17, 15) is 14.4 Å². The van der Waals surface area contributed by atoms with Crippen molar-refractivity contribution in [2.45, 2.75) is 46.2 Å². The van der Waals surface area contributed by atoms with E-state index >= 15 is 0 Å². The van der Waals surface area contributed by atoms with Gasteiger partial charge in [-0.15, -0.1) is 0 Å². The molecule has 2 N–H and O–H groups in total. The molecule has 2 aromatic heterocycles. The Morgan fingerprint density at radius 3 is 2.50 bits per heavy atom. The topological polar surface area (TPSA) is 115 Å². The van der Waals surface area contributed by atoms with Gasteiger partial charge in [-0.3, -0.25) is 19.1 Å². The molecule has 9 heteroatoms. The minimum absolute atomic E-state index is 0.00117. The first kappa shape index (κ1) is 23.1. The highest BCUT2D eigenvalue weighted by Crippen LogP contribution is 2.27. The number of fused-ring (bicyclic) bond motifs is 1. The molecular weight excluding hydrogens is 412 g/mol. The highest BCUT2D eigenvalue weighted by Gasteiger charge is 2.20. The first-order valence-electron chi connectivity index (χ1n) is 10.5. The third-order valence-electron chi connectivity index (χ3n) is 5.15. The maximum Gasteiger partial charge on any atom is 0.329 e. The van der Waals surface area contributed by atoms with Gasteiger partial charge >= 0.3 is 5.69 Å². The Hall–Kier alpha value is -3.62. The van der Waals surface area contributed by atoms with Crippen molar-refractivity contribution in [2.24, 2.45) is 0 Å². The molecule has 2 heterocycles. The third-order valence-corrected chi connectivity index (χ3v) is 5.15. The lowest BCUT2D eigenvalue weighted by atomic mass is 10.0. The number of hydrogen-bond donors (Lipinski definition) is 2. The number of aromatic nitrogens is 3. The Kier molecular flexibility index (Phi) is 6.97. The van der Waals surface area contributed by atoms with Gasteiger partial charge in [0.15, 0.2) is 17.1 Å². The van der Waals surface area contributed by atoms with Gasteiger partial charge in [0.05, 0.1) is 25.2 Å². The molecule has 0 atom stereocenters. The van der Waals surface area contributed by atoms with Gasteiger partial charge in [-0.2, -0.15) is 0 Å². The quantitative estimate of drug-likeness (QED) is 0.556. The summed E-state index contributed by atoms with van der Waals surface area (Å²) in [4.78, 5) is 45.1. The second-order valence-corrected chi connectivity index (χ2v) is 7.73. The fourth-order valence-corrected chi connectivity index (χ4v) is 3.47. The minimum Gasteiger partial charge on any atom is -0.493 e. The van der Waals surface area contributed by atoms with Crippen molar-refractivity contribution in [1.29, 1.82) is 0 Å². The zero-order chi connectivity index (χ0) is 23.4. The van der Waals surface area contributed by atoms with Crippen molar-refractivity contribution >= 4 is 16.9 Å². The van der Waals surface area contributed by atoms with Crippen LogP contribution in [0.4, 0.5) is 0 Å². The number of H-pyrrole nitrogens is 1. The van der Waals surface area contributed by atoms with Crippen LogP contribution in [-0.4, -0.2) is 34.7 Å². The van der Waals surface area contributed by atoms with Gasteiger partial charge in [-0.1, -0.05) is 26.8 Å². The summed E-state index contributed by atoms with van der Waals surface area (Å²) in [6.07, 6.45) is 0.676. The number of nitrogens with zero attached hydrogens (tertiary/aromatic N) is 2. The van der Waals surface area contributed by atoms with Gasteiger partial charge in [-0.25, -0.2) is 9.78 Å². The molecule has 1 amide bonds. The van der Waals surface area contributed by atoms with Crippen LogP contribution in [0, 0.1) is 0 Å². The van der Waals surface area contributed by atoms with Gasteiger partial charge in [0, 0.05) is 18.8 Å². The Morgan fingerprint density at radius 2 is 1.88 bits per heavy atom. The lowest BCUT2D eigenvalue weighted by Crippen LogP contribution is -2.33. The molecule has 3 aromatic rings. The van der Waals surface area contributed by atoms with Crippen LogP contribution in [-0.2, 0) is 13.1 Å². The number of carbonyl (C=O) groups excluding carboxylic acids is 1. The molecular formula is C23H28N4O5. The van der Waals surface area contributed by atoms with Gasteiger partial charge in [0.2, 0.25) is 0 Å². The fraction of sp³-hybridized carbons (Fsp3) is 0.391. The Balaban J connectivity index is 2.05. The fourth-order valence-electron chi connectivity index (χ4n) is 3.47. The van der Waals surface area contributed by atoms with Gasteiger partial charge < -0.3 is 14.8 Å². The number of aromatic amines is 1. The van der Waals surface area contributed by atoms with Crippen LogP contribution in [0.3, 0.4) is 0 Å². The molecule has 0 saturated carbocycles. The second-order valence-electron chi connectivity index (χ2n) is 7.73. The van der Waals surface area contributed by atoms with Crippen molar-refractivity contribution in [2.75, 3.05) is 14.2 Å². The minimum atomic E-state index is -0.628. The Morgan fingerprint density at radius 1 is 1.16 bits per heavy atom. The smallest absolute Gasteiger partial charge is 0.329 e. The van der Waals surface area contributed by atoms with E-state index in [1.807, 2.05) is 26.8 Å². The van der Waals surface area contributed by atoms with Crippen molar-refractivity contribution in [1.82, 2.24) is 19.9 Å². The summed E-state index contributed by atoms with van der Waals surface area (Å²) < 4.78 is 12.0. The molecule has 3 rings (SSSR count). The number of rotatable bonds is 8. The number of hydrogen-bond acceptors (Lipinski definition) is 6. The first-order chi connectivity index (χ1) is 15.3. The summed E-state index contributed by atoms with van der Waals surface area (Å²) in [7, 11) is 3.09. The maximum atomic E-state index is 13.2. The van der Waals surface area contributed by atoms with Crippen molar-refractivity contribution in [3.05, 3.63) is 61.9 Å². The van der Waals surface area contributed by atoms with Crippen LogP contribution < -0.4 is 26.0 Å². The summed E-state index contributed by atoms with van der Waals surface area (Å²) in [6.45, 7) is 6.40. The average molecular weight is 441 g/mol. The molecule has 0 aliphatic heterocycles. The maximum absolute atomic E-state index is 13.2. The Labute approximate surface area is 185 Å². The molecule has 0 saturated heterocycles. The largest absolute Gasteiger partial charge is 0.493 e. The molecule has 1 aromatic carbocycles. The van der Waals surface area contributed by atoms with E-state index in [0.29, 0.717) is 30.2 Å². The third kappa shape index (κ3) is 4.51. The number of methoxy groups -OCH3 is 2. The zero-order valence-electron chi connectivity index (χ0n) is 18.9. The SMILES string of the molecule is CCCn1c(=O)[nH]c(=O)c2c(C(=O)NCc3ccc(OC)c(OC)c3)cc(C(C)C)nc21. The van der Waals surface area contributed by atoms with Crippen molar-refractivity contribution < 1.29 is 14.3 Å². The van der Waals surface area contributed by atoms with Gasteiger partial charge in [0.25, 0.3) is 11.5 Å². The Bertz CT molecular complexity index is 1260. The van der Waals surface area contributed by atoms with Gasteiger partial charge in [-0.05, 0) is 36.1 Å². The van der Waals surface area contributed by atoms with Crippen LogP contribution in [0.25, 0.3) is 11.0 Å². The molecule has 0 bridgehead atoms. The van der Waals surface area contributed by atoms with Crippen LogP contribution in [0.5, 0.6) is 11.5 Å². The molecule has 0 spiro atoms. The van der Waals surface area contributed by atoms with E-state index in [0.717, 1.165) is 5.56 Å². The van der Waals surface area contributed by atoms with Crippen LogP contribution >= 0.6 is 0 Å². The van der Waals surface area contributed by atoms with E-state index in [4.69, 9.17) is 9.47 Å². The van der Waals surface area contributed by atoms with E-state index in [1.165, 1.54) is 4.57 Å². The average Bonchev–Trinajstić information content (AvgIpc) is 2.78. The highest BCUT2D eigenvalue weighted by molar-refractivity contribution is 6.05. The predicted molar refractivity (Wildman–Crippen MR) is 122 cm³/mol. The van der Waals surface area contributed by atoms with E-state index in [-0.39, 0.29) is 29.1 Å². The summed E-state index contributed by atoms with van der Waals surface area (Å²) >= 11 is 0. The number of pyridine rings is 1. The number of ether oxygens (including phenoxy) is 2. The predicted octanol–water partition coefficient (Wildman–Crippen LogP) is 2.57. The monoisotopic (exact) mass is 440 g/mol. The normalized spacial score (nSPS) is 11.1. The van der Waals surface area contributed by atoms with Crippen LogP contribution in [0.1, 0.15) is 54.7 Å². The van der Waals surface area contributed by atoms with E-state index < -0.39 is 17.2 Å². The lowest BCUT2D eigenvalue weighted by molar-refractivity contribution is 0.0952. The van der Waals surface area contributed by atoms with Crippen molar-refractivity contribution in [3.8, 4) is 11.5 Å². The molecule has 0 unspecified atom stereocenters. The molecule has 0 radical (unpaired) electrons. The highest BCUT2D eigenvalue weighted by atomic mass is 16.5. The summed E-state index contributed by atoms with van der Waals surface area (Å²) in [5.74, 6) is 0.711. The standard InChI is InChI=1S/C23H28N4O5/c1-6-9-27-20-19(22(29)26-23(27)30)15(11-16(25-20)13(2)3)21(28)24-12-14-7-8-17(31-4)18(10-14)32-5/h7-8,10-11,13H,6,9,12H2,1-5H3,(H,24,28)(H,26,29,30). The number of carbonyl (C=O) groups is 1. The van der Waals surface area contributed by atoms with E-state index in [1.54, 1.807) is 32.4 Å². The zero-order valence-corrected chi connectivity index (χ0v) is 18.9. The van der Waals surface area contributed by atoms with E-state index in [2.05, 4.69) is 15.3 Å². The molecule has 170 valence electrons. The molecule has 0 aliphatic rings. The molecule has 9 nitrogen and oxygen atoms in total. The molecule has 0 aliphatic carbocycles. The molecule has 32 heavy (non-hydrogen) atoms. The molecule has 0 fully saturated rings. The number of aryl methyl sites for hydroxylation is 1. The summed E-state index contributed by atoms with van der Waals surface area (Å²) in [5, 5.41) is 2.96. The van der Waals surface area contributed by atoms with Crippen LogP contribution in [0.15, 0.2) is 33.9 Å². The van der Waals surface area contributed by atoms with Gasteiger partial charge in [0.1, 0.15) is 0 Å². The van der Waals surface area contributed by atoms with Crippen LogP contribution in [0.2, 0.25) is 0 Å².